The monoisotopic (exact) mass is 391 g/mol. The molecule has 1 saturated heterocycles. The summed E-state index contributed by atoms with van der Waals surface area (Å²) in [5.74, 6) is 0.627. The molecule has 1 fully saturated rings. The highest BCUT2D eigenvalue weighted by Crippen LogP contribution is 2.20. The van der Waals surface area contributed by atoms with E-state index in [9.17, 15) is 9.59 Å². The number of benzene rings is 1. The molecule has 0 aliphatic carbocycles. The lowest BCUT2D eigenvalue weighted by molar-refractivity contribution is 0.0515. The number of furan rings is 1. The summed E-state index contributed by atoms with van der Waals surface area (Å²) in [6.45, 7) is 1.79. The summed E-state index contributed by atoms with van der Waals surface area (Å²) in [5.41, 5.74) is 1.28. The van der Waals surface area contributed by atoms with Crippen LogP contribution in [0.3, 0.4) is 0 Å². The Morgan fingerprint density at radius 1 is 0.897 bits per heavy atom. The van der Waals surface area contributed by atoms with Gasteiger partial charge in [0.1, 0.15) is 5.69 Å². The molecule has 3 heterocycles. The third-order valence-corrected chi connectivity index (χ3v) is 4.93. The standard InChI is InChI=1S/C21H21N5O3/c1-24(16-6-3-2-4-7-16)19-15-22-17(14-23-19)20(27)25-9-11-26(12-10-25)21(28)18-8-5-13-29-18/h2-8,13-15H,9-12H2,1H3. The lowest BCUT2D eigenvalue weighted by Gasteiger charge is -2.34. The van der Waals surface area contributed by atoms with Crippen LogP contribution in [-0.4, -0.2) is 64.8 Å². The molecule has 2 aromatic heterocycles. The van der Waals surface area contributed by atoms with Gasteiger partial charge < -0.3 is 19.1 Å². The number of hydrogen-bond donors (Lipinski definition) is 0. The van der Waals surface area contributed by atoms with E-state index in [0.717, 1.165) is 5.69 Å². The molecule has 8 heteroatoms. The van der Waals surface area contributed by atoms with Crippen molar-refractivity contribution in [2.24, 2.45) is 0 Å². The van der Waals surface area contributed by atoms with Crippen molar-refractivity contribution in [2.75, 3.05) is 38.1 Å². The Morgan fingerprint density at radius 3 is 2.17 bits per heavy atom. The van der Waals surface area contributed by atoms with Crippen LogP contribution < -0.4 is 4.90 Å². The van der Waals surface area contributed by atoms with Crippen molar-refractivity contribution in [3.63, 3.8) is 0 Å². The predicted octanol–water partition coefficient (Wildman–Crippen LogP) is 2.44. The molecule has 3 aromatic rings. The minimum absolute atomic E-state index is 0.157. The van der Waals surface area contributed by atoms with E-state index >= 15 is 0 Å². The second-order valence-electron chi connectivity index (χ2n) is 6.72. The highest BCUT2D eigenvalue weighted by Gasteiger charge is 2.27. The maximum Gasteiger partial charge on any atom is 0.289 e. The van der Waals surface area contributed by atoms with Crippen LogP contribution in [0.2, 0.25) is 0 Å². The zero-order valence-electron chi connectivity index (χ0n) is 16.1. The molecule has 148 valence electrons. The van der Waals surface area contributed by atoms with E-state index in [0.29, 0.717) is 43.5 Å². The first-order valence-electron chi connectivity index (χ1n) is 9.36. The topological polar surface area (TPSA) is 82.8 Å². The van der Waals surface area contributed by atoms with Crippen LogP contribution in [0, 0.1) is 0 Å². The van der Waals surface area contributed by atoms with Crippen molar-refractivity contribution in [3.8, 4) is 0 Å². The summed E-state index contributed by atoms with van der Waals surface area (Å²) >= 11 is 0. The first-order valence-corrected chi connectivity index (χ1v) is 9.36. The summed E-state index contributed by atoms with van der Waals surface area (Å²) in [6.07, 6.45) is 4.57. The number of carbonyl (C=O) groups is 2. The highest BCUT2D eigenvalue weighted by molar-refractivity contribution is 5.93. The van der Waals surface area contributed by atoms with E-state index in [2.05, 4.69) is 9.97 Å². The lowest BCUT2D eigenvalue weighted by Crippen LogP contribution is -2.50. The molecule has 4 rings (SSSR count). The molecule has 0 unspecified atom stereocenters. The van der Waals surface area contributed by atoms with Crippen LogP contribution in [0.4, 0.5) is 11.5 Å². The number of rotatable bonds is 4. The van der Waals surface area contributed by atoms with E-state index < -0.39 is 0 Å². The summed E-state index contributed by atoms with van der Waals surface area (Å²) in [5, 5.41) is 0. The van der Waals surface area contributed by atoms with Gasteiger partial charge in [0.15, 0.2) is 11.6 Å². The predicted molar refractivity (Wildman–Crippen MR) is 107 cm³/mol. The van der Waals surface area contributed by atoms with Gasteiger partial charge in [-0.2, -0.15) is 0 Å². The molecule has 29 heavy (non-hydrogen) atoms. The van der Waals surface area contributed by atoms with E-state index in [1.807, 2.05) is 42.3 Å². The second-order valence-corrected chi connectivity index (χ2v) is 6.72. The van der Waals surface area contributed by atoms with Gasteiger partial charge in [-0.05, 0) is 24.3 Å². The summed E-state index contributed by atoms with van der Waals surface area (Å²) in [7, 11) is 1.90. The Bertz CT molecular complexity index is 965. The zero-order chi connectivity index (χ0) is 20.2. The Labute approximate surface area is 168 Å². The van der Waals surface area contributed by atoms with E-state index in [1.54, 1.807) is 28.1 Å². The van der Waals surface area contributed by atoms with Crippen LogP contribution in [0.5, 0.6) is 0 Å². The van der Waals surface area contributed by atoms with Crippen LogP contribution in [0.15, 0.2) is 65.5 Å². The number of aromatic nitrogens is 2. The molecule has 0 N–H and O–H groups in total. The Morgan fingerprint density at radius 2 is 1.59 bits per heavy atom. The molecular formula is C21H21N5O3. The molecule has 1 aliphatic heterocycles. The molecule has 1 aliphatic rings. The maximum absolute atomic E-state index is 12.7. The summed E-state index contributed by atoms with van der Waals surface area (Å²) in [4.78, 5) is 39.0. The Kier molecular flexibility index (Phi) is 5.24. The first kappa shape index (κ1) is 18.7. The molecule has 2 amide bonds. The normalized spacial score (nSPS) is 14.0. The summed E-state index contributed by atoms with van der Waals surface area (Å²) < 4.78 is 5.16. The number of carbonyl (C=O) groups excluding carboxylic acids is 2. The van der Waals surface area contributed by atoms with E-state index in [4.69, 9.17) is 4.42 Å². The van der Waals surface area contributed by atoms with E-state index in [-0.39, 0.29) is 11.8 Å². The van der Waals surface area contributed by atoms with Crippen molar-refractivity contribution in [3.05, 3.63) is 72.6 Å². The minimum atomic E-state index is -0.184. The molecular weight excluding hydrogens is 370 g/mol. The molecule has 0 radical (unpaired) electrons. The SMILES string of the molecule is CN(c1ccccc1)c1cnc(C(=O)N2CCN(C(=O)c3ccco3)CC2)cn1. The van der Waals surface area contributed by atoms with Crippen LogP contribution in [-0.2, 0) is 0 Å². The van der Waals surface area contributed by atoms with Crippen molar-refractivity contribution in [1.29, 1.82) is 0 Å². The van der Waals surface area contributed by atoms with Gasteiger partial charge in [-0.1, -0.05) is 18.2 Å². The molecule has 8 nitrogen and oxygen atoms in total. The number of anilines is 2. The second kappa shape index (κ2) is 8.14. The van der Waals surface area contributed by atoms with Crippen molar-refractivity contribution in [1.82, 2.24) is 19.8 Å². The van der Waals surface area contributed by atoms with Gasteiger partial charge >= 0.3 is 0 Å². The minimum Gasteiger partial charge on any atom is -0.459 e. The molecule has 0 bridgehead atoms. The smallest absolute Gasteiger partial charge is 0.289 e. The third kappa shape index (κ3) is 3.96. The average molecular weight is 391 g/mol. The van der Waals surface area contributed by atoms with Gasteiger partial charge in [0.25, 0.3) is 11.8 Å². The summed E-state index contributed by atoms with van der Waals surface area (Å²) in [6, 6.07) is 13.1. The van der Waals surface area contributed by atoms with Gasteiger partial charge in [0.05, 0.1) is 18.7 Å². The number of nitrogens with zero attached hydrogens (tertiary/aromatic N) is 5. The van der Waals surface area contributed by atoms with Gasteiger partial charge in [-0.15, -0.1) is 0 Å². The fourth-order valence-corrected chi connectivity index (χ4v) is 3.22. The van der Waals surface area contributed by atoms with Crippen LogP contribution in [0.25, 0.3) is 0 Å². The largest absolute Gasteiger partial charge is 0.459 e. The van der Waals surface area contributed by atoms with Crippen molar-refractivity contribution in [2.45, 2.75) is 0 Å². The zero-order valence-corrected chi connectivity index (χ0v) is 16.1. The van der Waals surface area contributed by atoms with Crippen molar-refractivity contribution < 1.29 is 14.0 Å². The number of amides is 2. The average Bonchev–Trinajstić information content (AvgIpc) is 3.33. The van der Waals surface area contributed by atoms with Gasteiger partial charge in [-0.3, -0.25) is 9.59 Å². The fourth-order valence-electron chi connectivity index (χ4n) is 3.22. The van der Waals surface area contributed by atoms with E-state index in [1.165, 1.54) is 12.5 Å². The fraction of sp³-hybridized carbons (Fsp3) is 0.238. The Balaban J connectivity index is 1.37. The molecule has 1 aromatic carbocycles. The number of piperazine rings is 1. The first-order chi connectivity index (χ1) is 14.1. The molecule has 0 saturated carbocycles. The lowest BCUT2D eigenvalue weighted by atomic mass is 10.2. The number of hydrogen-bond acceptors (Lipinski definition) is 6. The Hall–Kier alpha value is -3.68. The van der Waals surface area contributed by atoms with Gasteiger partial charge in [0, 0.05) is 38.9 Å². The molecule has 0 spiro atoms. The van der Waals surface area contributed by atoms with Crippen LogP contribution >= 0.6 is 0 Å². The number of para-hydroxylation sites is 1. The quantitative estimate of drug-likeness (QED) is 0.679. The highest BCUT2D eigenvalue weighted by atomic mass is 16.3. The van der Waals surface area contributed by atoms with Crippen LogP contribution in [0.1, 0.15) is 21.0 Å². The third-order valence-electron chi connectivity index (χ3n) is 4.93. The van der Waals surface area contributed by atoms with Crippen molar-refractivity contribution >= 4 is 23.3 Å². The maximum atomic E-state index is 12.7. The molecule has 0 atom stereocenters. The van der Waals surface area contributed by atoms with Gasteiger partial charge in [0.2, 0.25) is 0 Å². The van der Waals surface area contributed by atoms with Gasteiger partial charge in [-0.25, -0.2) is 9.97 Å².